The third-order valence-electron chi connectivity index (χ3n) is 4.74. The summed E-state index contributed by atoms with van der Waals surface area (Å²) in [7, 11) is -1.50. The number of benzene rings is 1. The van der Waals surface area contributed by atoms with Gasteiger partial charge in [-0.05, 0) is 48.4 Å². The van der Waals surface area contributed by atoms with Gasteiger partial charge < -0.3 is 15.4 Å². The van der Waals surface area contributed by atoms with Gasteiger partial charge in [0.15, 0.2) is 15.8 Å². The molecule has 0 bridgehead atoms. The molecule has 3 rings (SSSR count). The highest BCUT2D eigenvalue weighted by atomic mass is 127. The van der Waals surface area contributed by atoms with E-state index in [0.717, 1.165) is 23.3 Å². The molecule has 2 aromatic rings. The van der Waals surface area contributed by atoms with Crippen LogP contribution in [0.5, 0.6) is 5.88 Å². The SMILES string of the molecule is CN=C(NCc1ccc(OCC2CC2)nc1)NCc1ccc(S(C)(=O)=O)c(C)c1.I. The molecule has 30 heavy (non-hydrogen) atoms. The molecule has 0 aliphatic heterocycles. The molecule has 7 nitrogen and oxygen atoms in total. The Hall–Kier alpha value is -1.88. The molecular formula is C21H29IN4O3S. The minimum atomic E-state index is -3.20. The molecule has 0 spiro atoms. The fraction of sp³-hybridized carbons (Fsp3) is 0.429. The van der Waals surface area contributed by atoms with E-state index in [0.29, 0.717) is 35.7 Å². The van der Waals surface area contributed by atoms with Crippen molar-refractivity contribution in [2.24, 2.45) is 10.9 Å². The molecule has 2 N–H and O–H groups in total. The highest BCUT2D eigenvalue weighted by Gasteiger charge is 2.22. The summed E-state index contributed by atoms with van der Waals surface area (Å²) in [5.41, 5.74) is 2.75. The van der Waals surface area contributed by atoms with E-state index in [-0.39, 0.29) is 24.0 Å². The molecule has 1 fully saturated rings. The third-order valence-corrected chi connectivity index (χ3v) is 6.00. The average Bonchev–Trinajstić information content (AvgIpc) is 3.51. The van der Waals surface area contributed by atoms with E-state index in [4.69, 9.17) is 4.74 Å². The maximum Gasteiger partial charge on any atom is 0.213 e. The van der Waals surface area contributed by atoms with Gasteiger partial charge in [0.25, 0.3) is 0 Å². The molecule has 1 aromatic carbocycles. The molecule has 1 heterocycles. The van der Waals surface area contributed by atoms with E-state index in [9.17, 15) is 8.42 Å². The van der Waals surface area contributed by atoms with E-state index in [1.54, 1.807) is 26.2 Å². The molecule has 0 amide bonds. The summed E-state index contributed by atoms with van der Waals surface area (Å²) >= 11 is 0. The molecule has 0 radical (unpaired) electrons. The second kappa shape index (κ2) is 10.9. The Balaban J connectivity index is 0.00000320. The van der Waals surface area contributed by atoms with Gasteiger partial charge in [0, 0.05) is 38.7 Å². The van der Waals surface area contributed by atoms with Crippen LogP contribution in [0.3, 0.4) is 0 Å². The van der Waals surface area contributed by atoms with Gasteiger partial charge in [-0.1, -0.05) is 18.2 Å². The van der Waals surface area contributed by atoms with Crippen molar-refractivity contribution in [2.45, 2.75) is 37.8 Å². The topological polar surface area (TPSA) is 92.7 Å². The van der Waals surface area contributed by atoms with Crippen LogP contribution in [0.25, 0.3) is 0 Å². The summed E-state index contributed by atoms with van der Waals surface area (Å²) in [6.07, 6.45) is 5.54. The highest BCUT2D eigenvalue weighted by Crippen LogP contribution is 2.29. The molecule has 1 aliphatic rings. The van der Waals surface area contributed by atoms with Crippen LogP contribution in [0.4, 0.5) is 0 Å². The Labute approximate surface area is 195 Å². The van der Waals surface area contributed by atoms with Gasteiger partial charge in [-0.2, -0.15) is 0 Å². The van der Waals surface area contributed by atoms with Gasteiger partial charge >= 0.3 is 0 Å². The number of guanidine groups is 1. The predicted octanol–water partition coefficient (Wildman–Crippen LogP) is 3.07. The lowest BCUT2D eigenvalue weighted by Gasteiger charge is -2.13. The minimum absolute atomic E-state index is 0. The normalized spacial score (nSPS) is 14.0. The van der Waals surface area contributed by atoms with Crippen LogP contribution in [-0.2, 0) is 22.9 Å². The first-order chi connectivity index (χ1) is 13.8. The zero-order valence-electron chi connectivity index (χ0n) is 17.5. The van der Waals surface area contributed by atoms with Crippen molar-refractivity contribution in [3.63, 3.8) is 0 Å². The van der Waals surface area contributed by atoms with Crippen molar-refractivity contribution >= 4 is 39.8 Å². The number of sulfone groups is 1. The monoisotopic (exact) mass is 544 g/mol. The number of halogens is 1. The number of nitrogens with one attached hydrogen (secondary N) is 2. The van der Waals surface area contributed by atoms with Gasteiger partial charge in [0.1, 0.15) is 0 Å². The molecular weight excluding hydrogens is 515 g/mol. The number of pyridine rings is 1. The summed E-state index contributed by atoms with van der Waals surface area (Å²) in [6, 6.07) is 9.22. The van der Waals surface area contributed by atoms with Crippen molar-refractivity contribution in [1.29, 1.82) is 0 Å². The van der Waals surface area contributed by atoms with Crippen molar-refractivity contribution in [3.05, 3.63) is 53.2 Å². The molecule has 1 aliphatic carbocycles. The van der Waals surface area contributed by atoms with Gasteiger partial charge in [-0.3, -0.25) is 4.99 Å². The summed E-state index contributed by atoms with van der Waals surface area (Å²) in [6.45, 7) is 3.68. The number of hydrogen-bond acceptors (Lipinski definition) is 5. The summed E-state index contributed by atoms with van der Waals surface area (Å²) in [5, 5.41) is 6.48. The second-order valence-electron chi connectivity index (χ2n) is 7.41. The fourth-order valence-electron chi connectivity index (χ4n) is 2.92. The van der Waals surface area contributed by atoms with Crippen LogP contribution in [0.2, 0.25) is 0 Å². The molecule has 164 valence electrons. The van der Waals surface area contributed by atoms with Crippen molar-refractivity contribution in [1.82, 2.24) is 15.6 Å². The Morgan fingerprint density at radius 2 is 1.83 bits per heavy atom. The number of aromatic nitrogens is 1. The fourth-order valence-corrected chi connectivity index (χ4v) is 3.88. The first-order valence-corrected chi connectivity index (χ1v) is 11.6. The maximum atomic E-state index is 11.7. The second-order valence-corrected chi connectivity index (χ2v) is 9.39. The predicted molar refractivity (Wildman–Crippen MR) is 129 cm³/mol. The summed E-state index contributed by atoms with van der Waals surface area (Å²) in [4.78, 5) is 8.93. The van der Waals surface area contributed by atoms with E-state index in [1.165, 1.54) is 19.1 Å². The van der Waals surface area contributed by atoms with Gasteiger partial charge in [0.2, 0.25) is 5.88 Å². The van der Waals surface area contributed by atoms with Crippen LogP contribution in [0.15, 0.2) is 46.4 Å². The lowest BCUT2D eigenvalue weighted by Crippen LogP contribution is -2.36. The Morgan fingerprint density at radius 1 is 1.17 bits per heavy atom. The van der Waals surface area contributed by atoms with Gasteiger partial charge in [0.05, 0.1) is 11.5 Å². The van der Waals surface area contributed by atoms with Crippen LogP contribution >= 0.6 is 24.0 Å². The van der Waals surface area contributed by atoms with E-state index < -0.39 is 9.84 Å². The number of hydrogen-bond donors (Lipinski definition) is 2. The van der Waals surface area contributed by atoms with Crippen LogP contribution < -0.4 is 15.4 Å². The quantitative estimate of drug-likeness (QED) is 0.302. The number of rotatable bonds is 8. The van der Waals surface area contributed by atoms with E-state index in [1.807, 2.05) is 24.3 Å². The number of ether oxygens (including phenoxy) is 1. The first-order valence-electron chi connectivity index (χ1n) is 9.67. The van der Waals surface area contributed by atoms with E-state index >= 15 is 0 Å². The van der Waals surface area contributed by atoms with Gasteiger partial charge in [-0.15, -0.1) is 24.0 Å². The molecule has 1 aromatic heterocycles. The Bertz CT molecular complexity index is 974. The zero-order valence-corrected chi connectivity index (χ0v) is 20.7. The van der Waals surface area contributed by atoms with Crippen LogP contribution in [0, 0.1) is 12.8 Å². The lowest BCUT2D eigenvalue weighted by molar-refractivity contribution is 0.288. The lowest BCUT2D eigenvalue weighted by atomic mass is 10.1. The van der Waals surface area contributed by atoms with Crippen LogP contribution in [0.1, 0.15) is 29.5 Å². The summed E-state index contributed by atoms with van der Waals surface area (Å²) in [5.74, 6) is 2.03. The maximum absolute atomic E-state index is 11.7. The summed E-state index contributed by atoms with van der Waals surface area (Å²) < 4.78 is 29.1. The standard InChI is InChI=1S/C21H28N4O3S.HI/c1-15-10-17(6-8-19(15)29(3,26)27)11-24-21(22-2)25-13-18-7-9-20(23-12-18)28-14-16-4-5-16;/h6-10,12,16H,4-5,11,13-14H2,1-3H3,(H2,22,24,25);1H. The third kappa shape index (κ3) is 7.42. The minimum Gasteiger partial charge on any atom is -0.477 e. The molecule has 0 unspecified atom stereocenters. The smallest absolute Gasteiger partial charge is 0.213 e. The largest absolute Gasteiger partial charge is 0.477 e. The van der Waals surface area contributed by atoms with Crippen molar-refractivity contribution in [2.75, 3.05) is 19.9 Å². The average molecular weight is 544 g/mol. The number of aliphatic imine (C=N–C) groups is 1. The Morgan fingerprint density at radius 3 is 2.37 bits per heavy atom. The number of aryl methyl sites for hydroxylation is 1. The van der Waals surface area contributed by atoms with Crippen LogP contribution in [-0.4, -0.2) is 39.3 Å². The Kier molecular flexibility index (Phi) is 8.90. The molecule has 1 saturated carbocycles. The molecule has 0 atom stereocenters. The van der Waals surface area contributed by atoms with Gasteiger partial charge in [-0.25, -0.2) is 13.4 Å². The molecule has 9 heteroatoms. The van der Waals surface area contributed by atoms with Crippen molar-refractivity contribution < 1.29 is 13.2 Å². The van der Waals surface area contributed by atoms with E-state index in [2.05, 4.69) is 20.6 Å². The first kappa shape index (κ1) is 24.4. The molecule has 0 saturated heterocycles. The zero-order chi connectivity index (χ0) is 20.9. The number of nitrogens with zero attached hydrogens (tertiary/aromatic N) is 2. The highest BCUT2D eigenvalue weighted by molar-refractivity contribution is 14.0. The van der Waals surface area contributed by atoms with Crippen molar-refractivity contribution in [3.8, 4) is 5.88 Å².